The monoisotopic (exact) mass is 389 g/mol. The van der Waals surface area contributed by atoms with Crippen molar-refractivity contribution in [3.05, 3.63) is 78.4 Å². The van der Waals surface area contributed by atoms with E-state index < -0.39 is 12.6 Å². The van der Waals surface area contributed by atoms with Crippen LogP contribution < -0.4 is 4.90 Å². The Bertz CT molecular complexity index is 979. The summed E-state index contributed by atoms with van der Waals surface area (Å²) in [7, 11) is 0. The van der Waals surface area contributed by atoms with Gasteiger partial charge in [0.1, 0.15) is 12.7 Å². The molecule has 0 aliphatic rings. The molecule has 0 spiro atoms. The average molecular weight is 389 g/mol. The van der Waals surface area contributed by atoms with Crippen molar-refractivity contribution in [2.75, 3.05) is 18.1 Å². The van der Waals surface area contributed by atoms with Crippen molar-refractivity contribution in [1.82, 2.24) is 14.8 Å². The number of ether oxygens (including phenoxy) is 1. The molecule has 8 nitrogen and oxygen atoms in total. The van der Waals surface area contributed by atoms with Crippen molar-refractivity contribution in [1.29, 1.82) is 5.26 Å². The summed E-state index contributed by atoms with van der Waals surface area (Å²) in [6, 6.07) is 17.9. The second-order valence-corrected chi connectivity index (χ2v) is 6.16. The van der Waals surface area contributed by atoms with Gasteiger partial charge < -0.3 is 9.64 Å². The first kappa shape index (κ1) is 19.8. The largest absolute Gasteiger partial charge is 0.452 e. The molecule has 1 heterocycles. The normalized spacial score (nSPS) is 10.2. The Morgan fingerprint density at radius 1 is 1.10 bits per heavy atom. The zero-order valence-corrected chi connectivity index (χ0v) is 15.6. The molecule has 0 N–H and O–H groups in total. The number of anilines is 1. The number of hydrogen-bond donors (Lipinski definition) is 0. The summed E-state index contributed by atoms with van der Waals surface area (Å²) >= 11 is 0. The van der Waals surface area contributed by atoms with Gasteiger partial charge in [-0.15, -0.1) is 0 Å². The Kier molecular flexibility index (Phi) is 6.68. The summed E-state index contributed by atoms with van der Waals surface area (Å²) in [5, 5.41) is 12.9. The van der Waals surface area contributed by atoms with Gasteiger partial charge in [0.2, 0.25) is 0 Å². The highest BCUT2D eigenvalue weighted by Crippen LogP contribution is 2.14. The minimum atomic E-state index is -0.584. The topological polar surface area (TPSA) is 101 Å². The lowest BCUT2D eigenvalue weighted by Crippen LogP contribution is -2.35. The van der Waals surface area contributed by atoms with E-state index in [1.54, 1.807) is 59.5 Å². The van der Waals surface area contributed by atoms with E-state index in [4.69, 9.17) is 10.00 Å². The fourth-order valence-electron chi connectivity index (χ4n) is 2.70. The van der Waals surface area contributed by atoms with Crippen molar-refractivity contribution in [2.24, 2.45) is 0 Å². The number of aromatic nitrogens is 3. The number of amides is 1. The third-order valence-corrected chi connectivity index (χ3v) is 4.14. The summed E-state index contributed by atoms with van der Waals surface area (Å²) < 4.78 is 6.85. The van der Waals surface area contributed by atoms with Gasteiger partial charge in [-0.1, -0.05) is 30.3 Å². The minimum absolute atomic E-state index is 0.182. The summed E-state index contributed by atoms with van der Waals surface area (Å²) in [6.45, 7) is 0.368. The van der Waals surface area contributed by atoms with Crippen LogP contribution in [0.1, 0.15) is 22.3 Å². The fourth-order valence-corrected chi connectivity index (χ4v) is 2.70. The van der Waals surface area contributed by atoms with Crippen LogP contribution >= 0.6 is 0 Å². The fraction of sp³-hybridized carbons (Fsp3) is 0.190. The lowest BCUT2D eigenvalue weighted by molar-refractivity contribution is -0.121. The van der Waals surface area contributed by atoms with Crippen molar-refractivity contribution < 1.29 is 14.3 Å². The predicted octanol–water partition coefficient (Wildman–Crippen LogP) is 2.43. The maximum Gasteiger partial charge on any atom is 0.338 e. The Hall–Kier alpha value is -3.99. The third-order valence-electron chi connectivity index (χ3n) is 4.14. The van der Waals surface area contributed by atoms with Crippen molar-refractivity contribution in [3.8, 4) is 6.07 Å². The Morgan fingerprint density at radius 3 is 2.52 bits per heavy atom. The highest BCUT2D eigenvalue weighted by atomic mass is 16.5. The van der Waals surface area contributed by atoms with Gasteiger partial charge in [0.05, 0.1) is 24.6 Å². The number of rotatable bonds is 8. The maximum absolute atomic E-state index is 12.5. The molecule has 0 saturated heterocycles. The summed E-state index contributed by atoms with van der Waals surface area (Å²) in [4.78, 5) is 30.1. The van der Waals surface area contributed by atoms with Crippen LogP contribution in [0.15, 0.2) is 67.3 Å². The van der Waals surface area contributed by atoms with E-state index in [2.05, 4.69) is 10.1 Å². The molecule has 1 aromatic heterocycles. The average Bonchev–Trinajstić information content (AvgIpc) is 3.26. The second kappa shape index (κ2) is 9.80. The van der Waals surface area contributed by atoms with Crippen molar-refractivity contribution in [2.45, 2.75) is 13.0 Å². The molecule has 0 radical (unpaired) electrons. The Morgan fingerprint density at radius 2 is 1.86 bits per heavy atom. The molecule has 0 saturated carbocycles. The van der Waals surface area contributed by atoms with Gasteiger partial charge in [0.25, 0.3) is 5.91 Å². The number of para-hydroxylation sites is 1. The summed E-state index contributed by atoms with van der Waals surface area (Å²) in [5.41, 5.74) is 1.96. The van der Waals surface area contributed by atoms with E-state index in [-0.39, 0.29) is 18.9 Å². The molecule has 146 valence electrons. The molecule has 1 amide bonds. The third kappa shape index (κ3) is 5.49. The number of hydrogen-bond acceptors (Lipinski definition) is 6. The van der Waals surface area contributed by atoms with E-state index >= 15 is 0 Å². The molecule has 0 unspecified atom stereocenters. The van der Waals surface area contributed by atoms with Gasteiger partial charge in [-0.3, -0.25) is 4.79 Å². The zero-order chi connectivity index (χ0) is 20.5. The molecule has 0 atom stereocenters. The van der Waals surface area contributed by atoms with Crippen LogP contribution in [-0.2, 0) is 16.1 Å². The summed E-state index contributed by atoms with van der Waals surface area (Å²) in [6.07, 6.45) is 3.25. The van der Waals surface area contributed by atoms with Crippen LogP contribution in [0, 0.1) is 11.3 Å². The van der Waals surface area contributed by atoms with Gasteiger partial charge in [-0.05, 0) is 29.8 Å². The zero-order valence-electron chi connectivity index (χ0n) is 15.6. The first-order valence-corrected chi connectivity index (χ1v) is 8.98. The van der Waals surface area contributed by atoms with Crippen LogP contribution in [0.2, 0.25) is 0 Å². The van der Waals surface area contributed by atoms with E-state index in [1.165, 1.54) is 11.2 Å². The SMILES string of the molecule is N#CCCN(C(=O)COC(=O)c1ccc(Cn2cncn2)cc1)c1ccccc1. The minimum Gasteiger partial charge on any atom is -0.452 e. The van der Waals surface area contributed by atoms with Crippen LogP contribution in [0.3, 0.4) is 0 Å². The van der Waals surface area contributed by atoms with E-state index in [9.17, 15) is 9.59 Å². The van der Waals surface area contributed by atoms with Gasteiger partial charge in [-0.2, -0.15) is 10.4 Å². The first-order chi connectivity index (χ1) is 14.2. The molecular weight excluding hydrogens is 370 g/mol. The van der Waals surface area contributed by atoms with Gasteiger partial charge in [0, 0.05) is 12.2 Å². The molecule has 29 heavy (non-hydrogen) atoms. The molecular formula is C21H19N5O3. The Labute approximate surface area is 168 Å². The molecule has 0 aliphatic heterocycles. The van der Waals surface area contributed by atoms with Crippen LogP contribution in [-0.4, -0.2) is 39.8 Å². The molecule has 3 aromatic rings. The van der Waals surface area contributed by atoms with Crippen LogP contribution in [0.4, 0.5) is 5.69 Å². The Balaban J connectivity index is 1.58. The number of esters is 1. The molecule has 0 bridgehead atoms. The van der Waals surface area contributed by atoms with E-state index in [0.717, 1.165) is 5.56 Å². The smallest absolute Gasteiger partial charge is 0.338 e. The van der Waals surface area contributed by atoms with Crippen LogP contribution in [0.25, 0.3) is 0 Å². The first-order valence-electron chi connectivity index (χ1n) is 8.98. The molecule has 2 aromatic carbocycles. The maximum atomic E-state index is 12.5. The number of nitrogens with zero attached hydrogens (tertiary/aromatic N) is 5. The highest BCUT2D eigenvalue weighted by molar-refractivity contribution is 5.97. The lowest BCUT2D eigenvalue weighted by Gasteiger charge is -2.21. The van der Waals surface area contributed by atoms with E-state index in [1.807, 2.05) is 12.1 Å². The predicted molar refractivity (Wildman–Crippen MR) is 105 cm³/mol. The molecule has 0 fully saturated rings. The number of nitriles is 1. The number of benzene rings is 2. The molecule has 8 heteroatoms. The summed E-state index contributed by atoms with van der Waals surface area (Å²) in [5.74, 6) is -0.971. The standard InChI is InChI=1S/C21H19N5O3/c22-11-4-12-26(19-5-2-1-3-6-19)20(27)14-29-21(28)18-9-7-17(8-10-18)13-25-16-23-15-24-25/h1-3,5-10,15-16H,4,12-14H2. The van der Waals surface area contributed by atoms with Crippen LogP contribution in [0.5, 0.6) is 0 Å². The lowest BCUT2D eigenvalue weighted by atomic mass is 10.1. The van der Waals surface area contributed by atoms with Crippen molar-refractivity contribution >= 4 is 17.6 Å². The van der Waals surface area contributed by atoms with Gasteiger partial charge >= 0.3 is 5.97 Å². The number of carbonyl (C=O) groups excluding carboxylic acids is 2. The second-order valence-electron chi connectivity index (χ2n) is 6.16. The van der Waals surface area contributed by atoms with Crippen molar-refractivity contribution in [3.63, 3.8) is 0 Å². The van der Waals surface area contributed by atoms with Gasteiger partial charge in [-0.25, -0.2) is 14.5 Å². The quantitative estimate of drug-likeness (QED) is 0.549. The van der Waals surface area contributed by atoms with Gasteiger partial charge in [0.15, 0.2) is 6.61 Å². The van der Waals surface area contributed by atoms with E-state index in [0.29, 0.717) is 17.8 Å². The molecule has 0 aliphatic carbocycles. The highest BCUT2D eigenvalue weighted by Gasteiger charge is 2.18. The number of carbonyl (C=O) groups is 2. The molecule has 3 rings (SSSR count).